The normalized spacial score (nSPS) is 11.7. The monoisotopic (exact) mass is 1710 g/mol. The first kappa shape index (κ1) is 87.0. The summed E-state index contributed by atoms with van der Waals surface area (Å²) in [6.07, 6.45) is 19.3. The lowest BCUT2D eigenvalue weighted by Crippen LogP contribution is -2.41. The van der Waals surface area contributed by atoms with Crippen LogP contribution in [0.5, 0.6) is 0 Å². The fourth-order valence-corrected chi connectivity index (χ4v) is 14.2. The third-order valence-corrected chi connectivity index (χ3v) is 20.7. The Morgan fingerprint density at radius 3 is 1.42 bits per heavy atom. The number of H-pyrrole nitrogens is 2. The standard InChI is InChI=1S/C24H21F2N3O.C23H21F2N5O2.C22H19F2N5O2.C20H19F2N7OS/c1-15(2)29-12-10-19(16-3-5-18(25)6-4-16)24(29)23-8-7-22(30-23)21(27)13-17-9-11-28-14-20(17)26;1-14(2)29-13-28-21(15-4-6-16(24)7-5-15)22(29)19-8-9-20(32-19)23(31)30(26-3)18-10-11-27-12-17(18)25;1-13(2)28-10-8-16(14-3-5-15(23)6-4-14)20(28)21-26-12-18(27-21)22(30)29(31)19-7-9-25-11-17(19)24;1-12(2)29-11-26-18(13-3-5-14(21)6-4-13)19(29)20-25-10-17(27-20)31(23,30)28-16-7-8-24-9-15(16)22/h3-12,14-15,27H,13H2,1-2H3;4-14,26H,1-3H3;3-13,31H,1-2H3,(H,26,27);3-12H,1-2H3,(H,25,27)(H2,23,24,28,30). The summed E-state index contributed by atoms with van der Waals surface area (Å²) in [5.41, 5.74) is 11.5. The number of aromatic amines is 2. The number of anilines is 3. The Morgan fingerprint density at radius 1 is 0.468 bits per heavy atom. The molecule has 1 unspecified atom stereocenters. The topological polar surface area (TPSA) is 330 Å². The van der Waals surface area contributed by atoms with Crippen LogP contribution in [0, 0.1) is 56.7 Å². The first-order chi connectivity index (χ1) is 59.5. The number of carbonyl (C=O) groups is 2. The van der Waals surface area contributed by atoms with Gasteiger partial charge in [-0.3, -0.25) is 39.5 Å². The molecule has 26 nitrogen and oxygen atoms in total. The Bertz CT molecular complexity index is 6570. The Morgan fingerprint density at radius 2 is 0.903 bits per heavy atom. The zero-order valence-electron chi connectivity index (χ0n) is 67.8. The van der Waals surface area contributed by atoms with E-state index in [9.17, 15) is 54.1 Å². The van der Waals surface area contributed by atoms with Crippen molar-refractivity contribution < 1.29 is 63.0 Å². The van der Waals surface area contributed by atoms with Crippen LogP contribution in [0.4, 0.5) is 52.2 Å². The summed E-state index contributed by atoms with van der Waals surface area (Å²) in [7, 11) is -2.14. The first-order valence-corrected chi connectivity index (χ1v) is 40.0. The van der Waals surface area contributed by atoms with E-state index in [1.165, 1.54) is 117 Å². The lowest BCUT2D eigenvalue weighted by atomic mass is 10.0. The van der Waals surface area contributed by atoms with E-state index in [2.05, 4.69) is 78.4 Å². The maximum atomic E-state index is 14.2. The molecule has 7 N–H and O–H groups in total. The average Bonchev–Trinajstić information content (AvgIpc) is 1.63. The van der Waals surface area contributed by atoms with Crippen molar-refractivity contribution in [1.29, 1.82) is 10.2 Å². The van der Waals surface area contributed by atoms with Crippen LogP contribution >= 0.6 is 0 Å². The van der Waals surface area contributed by atoms with Gasteiger partial charge in [-0.1, -0.05) is 24.3 Å². The van der Waals surface area contributed by atoms with Gasteiger partial charge in [0.1, 0.15) is 63.3 Å². The highest BCUT2D eigenvalue weighted by atomic mass is 32.2. The number of hydroxylamine groups is 1. The summed E-state index contributed by atoms with van der Waals surface area (Å²) < 4.78 is 153. The molecule has 634 valence electrons. The fourth-order valence-electron chi connectivity index (χ4n) is 13.2. The minimum absolute atomic E-state index is 0.00660. The summed E-state index contributed by atoms with van der Waals surface area (Å²) in [6, 6.07) is 40.6. The second kappa shape index (κ2) is 37.8. The number of aromatic nitrogens is 14. The minimum atomic E-state index is -3.64. The van der Waals surface area contributed by atoms with Gasteiger partial charge in [-0.05, 0) is 206 Å². The van der Waals surface area contributed by atoms with Gasteiger partial charge in [-0.15, -0.1) is 0 Å². The van der Waals surface area contributed by atoms with Crippen molar-refractivity contribution >= 4 is 44.5 Å². The van der Waals surface area contributed by atoms with Crippen molar-refractivity contribution in [1.82, 2.24) is 73.5 Å². The molecule has 0 aliphatic rings. The second-order valence-electron chi connectivity index (χ2n) is 28.9. The first-order valence-electron chi connectivity index (χ1n) is 38.4. The molecule has 0 saturated carbocycles. The lowest BCUT2D eigenvalue weighted by Gasteiger charge is -2.20. The number of halogens is 8. The fraction of sp³-hybridized carbons (Fsp3) is 0.157. The molecular weight excluding hydrogens is 1630 g/mol. The van der Waals surface area contributed by atoms with Gasteiger partial charge in [0, 0.05) is 97.1 Å². The van der Waals surface area contributed by atoms with Crippen LogP contribution in [0.25, 0.3) is 90.7 Å². The van der Waals surface area contributed by atoms with Crippen LogP contribution in [0.2, 0.25) is 0 Å². The van der Waals surface area contributed by atoms with E-state index in [1.807, 2.05) is 85.8 Å². The number of hydrogen-bond acceptors (Lipinski definition) is 17. The highest BCUT2D eigenvalue weighted by molar-refractivity contribution is 7.93. The molecule has 0 radical (unpaired) electrons. The molecule has 124 heavy (non-hydrogen) atoms. The SMILES string of the molecule is CC(C)n1ccc(-c2ccc(F)cc2)c1-c1ccc(C(=N)Cc2ccncc2F)o1.CC(C)n1ccc(-c2ccc(F)cc2)c1-c1ncc(C(=O)N(O)c2ccncc2F)[nH]1.CC(C)n1cnc(-c2ccc(F)cc2)c1-c1ncc(S(=N)(=O)Nc2ccncc2F)[nH]1.CNN(C(=O)c1ccc(-c2c(-c3ccc(F)cc3)ncn2C(C)C)o1)c1ccncc1F. The largest absolute Gasteiger partial charge is 0.453 e. The molecule has 0 bridgehead atoms. The Kier molecular flexibility index (Phi) is 26.5. The van der Waals surface area contributed by atoms with Crippen molar-refractivity contribution in [3.05, 3.63) is 314 Å². The molecular formula is C89H80F8N20O6S. The maximum Gasteiger partial charge on any atom is 0.308 e. The number of furan rings is 2. The molecule has 0 fully saturated rings. The molecule has 2 amide bonds. The smallest absolute Gasteiger partial charge is 0.308 e. The van der Waals surface area contributed by atoms with Crippen molar-refractivity contribution in [2.24, 2.45) is 0 Å². The quantitative estimate of drug-likeness (QED) is 0.0135. The highest BCUT2D eigenvalue weighted by Crippen LogP contribution is 2.40. The zero-order valence-corrected chi connectivity index (χ0v) is 68.6. The van der Waals surface area contributed by atoms with Gasteiger partial charge in [0.2, 0.25) is 0 Å². The molecule has 35 heteroatoms. The maximum absolute atomic E-state index is 14.2. The van der Waals surface area contributed by atoms with Gasteiger partial charge < -0.3 is 42.5 Å². The summed E-state index contributed by atoms with van der Waals surface area (Å²) >= 11 is 0. The highest BCUT2D eigenvalue weighted by Gasteiger charge is 2.30. The Hall–Kier alpha value is -14.8. The molecule has 12 aromatic heterocycles. The van der Waals surface area contributed by atoms with Crippen LogP contribution < -0.4 is 20.2 Å². The van der Waals surface area contributed by atoms with E-state index in [1.54, 1.807) is 79.4 Å². The molecule has 0 aliphatic carbocycles. The average molecular weight is 1710 g/mol. The second-order valence-corrected chi connectivity index (χ2v) is 30.7. The number of amides is 2. The molecule has 16 aromatic rings. The van der Waals surface area contributed by atoms with Crippen molar-refractivity contribution in [3.63, 3.8) is 0 Å². The minimum Gasteiger partial charge on any atom is -0.453 e. The van der Waals surface area contributed by atoms with Crippen molar-refractivity contribution in [2.45, 2.75) is 91.0 Å². The molecule has 12 heterocycles. The van der Waals surface area contributed by atoms with Crippen molar-refractivity contribution in [2.75, 3.05) is 21.8 Å². The van der Waals surface area contributed by atoms with E-state index in [0.717, 1.165) is 57.7 Å². The Balaban J connectivity index is 0.000000142. The van der Waals surface area contributed by atoms with Gasteiger partial charge in [0.25, 0.3) is 5.91 Å². The number of imidazole rings is 4. The number of nitrogens with one attached hydrogen (secondary N) is 6. The summed E-state index contributed by atoms with van der Waals surface area (Å²) in [6.45, 7) is 16.0. The van der Waals surface area contributed by atoms with E-state index >= 15 is 0 Å². The van der Waals surface area contributed by atoms with Crippen molar-refractivity contribution in [3.8, 4) is 90.7 Å². The number of nitrogens with zero attached hydrogens (tertiary/aromatic N) is 14. The predicted octanol–water partition coefficient (Wildman–Crippen LogP) is 20.6. The molecule has 0 aliphatic heterocycles. The van der Waals surface area contributed by atoms with Gasteiger partial charge in [-0.2, -0.15) is 5.06 Å². The number of benzene rings is 4. The van der Waals surface area contributed by atoms with Gasteiger partial charge in [-0.25, -0.2) is 74.5 Å². The number of rotatable bonds is 23. The Labute approximate surface area is 705 Å². The van der Waals surface area contributed by atoms with Gasteiger partial charge >= 0.3 is 5.91 Å². The zero-order chi connectivity index (χ0) is 88.4. The molecule has 16 rings (SSSR count). The number of hydrogen-bond donors (Lipinski definition) is 7. The number of pyridine rings is 4. The molecule has 4 aromatic carbocycles. The van der Waals surface area contributed by atoms with Gasteiger partial charge in [0.15, 0.2) is 61.3 Å². The van der Waals surface area contributed by atoms with Crippen LogP contribution in [0.3, 0.4) is 0 Å². The third kappa shape index (κ3) is 19.3. The third-order valence-electron chi connectivity index (χ3n) is 19.3. The molecule has 0 saturated heterocycles. The van der Waals surface area contributed by atoms with E-state index < -0.39 is 45.0 Å². The summed E-state index contributed by atoms with van der Waals surface area (Å²) in [4.78, 5) is 63.7. The van der Waals surface area contributed by atoms with Gasteiger partial charge in [0.05, 0.1) is 84.0 Å². The van der Waals surface area contributed by atoms with Crippen LogP contribution in [0.15, 0.2) is 259 Å². The van der Waals surface area contributed by atoms with Crippen LogP contribution in [-0.4, -0.2) is 102 Å². The molecule has 1 atom stereocenters. The predicted molar refractivity (Wildman–Crippen MR) is 452 cm³/mol. The summed E-state index contributed by atoms with van der Waals surface area (Å²) in [5, 5.41) is 19.8. The van der Waals surface area contributed by atoms with E-state index in [4.69, 9.17) is 19.0 Å². The molecule has 0 spiro atoms. The lowest BCUT2D eigenvalue weighted by molar-refractivity contribution is 0.0846. The van der Waals surface area contributed by atoms with Crippen LogP contribution in [0.1, 0.15) is 112 Å². The number of carbonyl (C=O) groups excluding carboxylic acids is 2. The summed E-state index contributed by atoms with van der Waals surface area (Å²) in [5.74, 6) is -3.37. The van der Waals surface area contributed by atoms with E-state index in [-0.39, 0.29) is 98.2 Å². The van der Waals surface area contributed by atoms with Crippen LogP contribution in [-0.2, 0) is 16.3 Å². The number of hydrazine groups is 1. The van der Waals surface area contributed by atoms with E-state index in [0.29, 0.717) is 74.1 Å².